The Balaban J connectivity index is 1.61. The monoisotopic (exact) mass is 414 g/mol. The van der Waals surface area contributed by atoms with Crippen molar-refractivity contribution in [3.8, 4) is 0 Å². The third-order valence-electron chi connectivity index (χ3n) is 4.53. The van der Waals surface area contributed by atoms with E-state index in [0.29, 0.717) is 17.7 Å². The smallest absolute Gasteiger partial charge is 0.404 e. The van der Waals surface area contributed by atoms with Crippen molar-refractivity contribution in [2.75, 3.05) is 4.90 Å². The lowest BCUT2D eigenvalue weighted by atomic mass is 9.97. The summed E-state index contributed by atoms with van der Waals surface area (Å²) in [5.74, 6) is 0.844. The van der Waals surface area contributed by atoms with E-state index in [4.69, 9.17) is 5.11 Å². The van der Waals surface area contributed by atoms with Gasteiger partial charge in [-0.05, 0) is 48.3 Å². The fourth-order valence-electron chi connectivity index (χ4n) is 3.73. The number of hydrogen-bond donors (Lipinski definition) is 3. The molecule has 2 aromatic heterocycles. The summed E-state index contributed by atoms with van der Waals surface area (Å²) >= 11 is 2.16. The zero-order chi connectivity index (χ0) is 15.3. The standard InChI is InChI=1S/C13H15IN6O2/c14-11-10-12(19-18-11)17-9(5-15-10)20-7-1-2-8(20)4-6(3-7)16-13(21)22/h5-8,16H,1-4H2,(H,21,22)(H,17,18,19). The Bertz CT molecular complexity index is 720. The van der Waals surface area contributed by atoms with Crippen LogP contribution in [0.25, 0.3) is 11.2 Å². The summed E-state index contributed by atoms with van der Waals surface area (Å²) in [6.07, 6.45) is 4.64. The van der Waals surface area contributed by atoms with Crippen LogP contribution in [-0.2, 0) is 0 Å². The SMILES string of the molecule is O=C(O)NC1CC2CCC(C1)N2c1cnc2c(I)[nH]nc2n1. The fourth-order valence-corrected chi connectivity index (χ4v) is 4.23. The second-order valence-electron chi connectivity index (χ2n) is 5.85. The number of piperidine rings is 1. The summed E-state index contributed by atoms with van der Waals surface area (Å²) in [6, 6.07) is 0.676. The van der Waals surface area contributed by atoms with E-state index >= 15 is 0 Å². The van der Waals surface area contributed by atoms with Crippen LogP contribution in [0, 0.1) is 3.70 Å². The number of carboxylic acid groups (broad SMARTS) is 1. The number of anilines is 1. The molecule has 0 radical (unpaired) electrons. The lowest BCUT2D eigenvalue weighted by Gasteiger charge is -2.39. The highest BCUT2D eigenvalue weighted by Crippen LogP contribution is 2.38. The Hall–Kier alpha value is -1.65. The molecule has 4 rings (SSSR count). The molecule has 2 fully saturated rings. The van der Waals surface area contributed by atoms with Crippen molar-refractivity contribution in [3.63, 3.8) is 0 Å². The van der Waals surface area contributed by atoms with E-state index in [9.17, 15) is 4.79 Å². The first-order valence-corrected chi connectivity index (χ1v) is 8.34. The third-order valence-corrected chi connectivity index (χ3v) is 5.29. The quantitative estimate of drug-likeness (QED) is 0.647. The molecule has 0 saturated carbocycles. The van der Waals surface area contributed by atoms with Gasteiger partial charge in [0.05, 0.1) is 6.20 Å². The van der Waals surface area contributed by atoms with Gasteiger partial charge in [-0.25, -0.2) is 14.8 Å². The van der Waals surface area contributed by atoms with Gasteiger partial charge in [-0.2, -0.15) is 5.10 Å². The number of nitrogens with one attached hydrogen (secondary N) is 2. The molecule has 0 spiro atoms. The largest absolute Gasteiger partial charge is 0.465 e. The van der Waals surface area contributed by atoms with Crippen LogP contribution in [-0.4, -0.2) is 49.5 Å². The minimum Gasteiger partial charge on any atom is -0.465 e. The maximum Gasteiger partial charge on any atom is 0.404 e. The van der Waals surface area contributed by atoms with Crippen molar-refractivity contribution in [2.24, 2.45) is 0 Å². The molecule has 2 aliphatic rings. The number of aromatic amines is 1. The highest BCUT2D eigenvalue weighted by atomic mass is 127. The van der Waals surface area contributed by atoms with Gasteiger partial charge in [-0.3, -0.25) is 5.10 Å². The average molecular weight is 414 g/mol. The number of amides is 1. The highest BCUT2D eigenvalue weighted by Gasteiger charge is 2.42. The molecular formula is C13H15IN6O2. The molecule has 3 N–H and O–H groups in total. The van der Waals surface area contributed by atoms with Gasteiger partial charge in [0.1, 0.15) is 15.0 Å². The van der Waals surface area contributed by atoms with Crippen molar-refractivity contribution < 1.29 is 9.90 Å². The number of nitrogens with zero attached hydrogens (tertiary/aromatic N) is 4. The second-order valence-corrected chi connectivity index (χ2v) is 6.93. The van der Waals surface area contributed by atoms with Crippen molar-refractivity contribution in [3.05, 3.63) is 9.90 Å². The van der Waals surface area contributed by atoms with Crippen LogP contribution in [0.15, 0.2) is 6.20 Å². The Morgan fingerprint density at radius 1 is 1.41 bits per heavy atom. The summed E-state index contributed by atoms with van der Waals surface area (Å²) in [6.45, 7) is 0. The van der Waals surface area contributed by atoms with Crippen LogP contribution < -0.4 is 10.2 Å². The van der Waals surface area contributed by atoms with Crippen LogP contribution in [0.5, 0.6) is 0 Å². The third kappa shape index (κ3) is 2.27. The first kappa shape index (κ1) is 14.0. The summed E-state index contributed by atoms with van der Waals surface area (Å²) in [7, 11) is 0. The van der Waals surface area contributed by atoms with E-state index in [-0.39, 0.29) is 6.04 Å². The number of hydrogen-bond acceptors (Lipinski definition) is 5. The van der Waals surface area contributed by atoms with E-state index in [1.807, 2.05) is 0 Å². The van der Waals surface area contributed by atoms with Gasteiger partial charge in [-0.15, -0.1) is 0 Å². The van der Waals surface area contributed by atoms with Gasteiger partial charge in [0.25, 0.3) is 0 Å². The first-order chi connectivity index (χ1) is 10.6. The number of aromatic nitrogens is 4. The molecule has 2 saturated heterocycles. The minimum absolute atomic E-state index is 0.0364. The highest BCUT2D eigenvalue weighted by molar-refractivity contribution is 14.1. The Morgan fingerprint density at radius 3 is 2.82 bits per heavy atom. The number of halogens is 1. The van der Waals surface area contributed by atoms with Gasteiger partial charge >= 0.3 is 6.09 Å². The Kier molecular flexibility index (Phi) is 3.31. The van der Waals surface area contributed by atoms with E-state index in [1.165, 1.54) is 0 Å². The van der Waals surface area contributed by atoms with Gasteiger partial charge in [0.15, 0.2) is 0 Å². The topological polar surface area (TPSA) is 107 Å². The molecular weight excluding hydrogens is 399 g/mol. The minimum atomic E-state index is -0.940. The average Bonchev–Trinajstić information content (AvgIpc) is 2.97. The number of H-pyrrole nitrogens is 1. The molecule has 2 aliphatic heterocycles. The lowest BCUT2D eigenvalue weighted by molar-refractivity contribution is 0.185. The van der Waals surface area contributed by atoms with Crippen molar-refractivity contribution in [1.29, 1.82) is 0 Å². The molecule has 9 heteroatoms. The normalized spacial score (nSPS) is 27.3. The molecule has 2 atom stereocenters. The molecule has 0 aromatic carbocycles. The Labute approximate surface area is 139 Å². The first-order valence-electron chi connectivity index (χ1n) is 7.26. The van der Waals surface area contributed by atoms with E-state index < -0.39 is 6.09 Å². The van der Waals surface area contributed by atoms with E-state index in [0.717, 1.165) is 40.7 Å². The van der Waals surface area contributed by atoms with E-state index in [2.05, 4.69) is 53.0 Å². The van der Waals surface area contributed by atoms with Gasteiger partial charge < -0.3 is 15.3 Å². The molecule has 8 nitrogen and oxygen atoms in total. The number of carbonyl (C=O) groups is 1. The van der Waals surface area contributed by atoms with Crippen molar-refractivity contribution in [1.82, 2.24) is 25.5 Å². The summed E-state index contributed by atoms with van der Waals surface area (Å²) in [4.78, 5) is 22.2. The van der Waals surface area contributed by atoms with Crippen LogP contribution in [0.2, 0.25) is 0 Å². The van der Waals surface area contributed by atoms with Crippen LogP contribution in [0.3, 0.4) is 0 Å². The number of fused-ring (bicyclic) bond motifs is 3. The molecule has 22 heavy (non-hydrogen) atoms. The summed E-state index contributed by atoms with van der Waals surface area (Å²) < 4.78 is 0.888. The van der Waals surface area contributed by atoms with Crippen molar-refractivity contribution in [2.45, 2.75) is 43.8 Å². The maximum absolute atomic E-state index is 10.8. The van der Waals surface area contributed by atoms with Crippen LogP contribution in [0.1, 0.15) is 25.7 Å². The van der Waals surface area contributed by atoms with E-state index in [1.54, 1.807) is 6.20 Å². The molecule has 116 valence electrons. The zero-order valence-electron chi connectivity index (χ0n) is 11.7. The second kappa shape index (κ2) is 5.21. The van der Waals surface area contributed by atoms with Gasteiger partial charge in [-0.1, -0.05) is 0 Å². The van der Waals surface area contributed by atoms with Crippen molar-refractivity contribution >= 4 is 45.7 Å². The molecule has 0 aliphatic carbocycles. The summed E-state index contributed by atoms with van der Waals surface area (Å²) in [5.41, 5.74) is 1.42. The molecule has 2 unspecified atom stereocenters. The Morgan fingerprint density at radius 2 is 2.14 bits per heavy atom. The van der Waals surface area contributed by atoms with Crippen LogP contribution in [0.4, 0.5) is 10.6 Å². The predicted molar refractivity (Wildman–Crippen MR) is 87.9 cm³/mol. The summed E-state index contributed by atoms with van der Waals surface area (Å²) in [5, 5.41) is 18.6. The maximum atomic E-state index is 10.8. The van der Waals surface area contributed by atoms with Crippen LogP contribution >= 0.6 is 22.6 Å². The molecule has 2 aromatic rings. The number of rotatable bonds is 2. The van der Waals surface area contributed by atoms with Gasteiger partial charge in [0, 0.05) is 18.1 Å². The predicted octanol–water partition coefficient (Wildman–Crippen LogP) is 1.72. The lowest BCUT2D eigenvalue weighted by Crippen LogP contribution is -2.50. The molecule has 4 heterocycles. The van der Waals surface area contributed by atoms with Gasteiger partial charge in [0.2, 0.25) is 5.65 Å². The molecule has 1 amide bonds. The zero-order valence-corrected chi connectivity index (χ0v) is 13.8. The fraction of sp³-hybridized carbons (Fsp3) is 0.538. The molecule has 2 bridgehead atoms.